The maximum Gasteiger partial charge on any atom is 0.266 e. The van der Waals surface area contributed by atoms with Gasteiger partial charge in [0.05, 0.1) is 4.90 Å². The van der Waals surface area contributed by atoms with Crippen molar-refractivity contribution in [2.24, 2.45) is 0 Å². The number of hydrogen-bond donors (Lipinski definition) is 1. The van der Waals surface area contributed by atoms with Crippen molar-refractivity contribution in [1.82, 2.24) is 4.98 Å². The maximum atomic E-state index is 11.7. The summed E-state index contributed by atoms with van der Waals surface area (Å²) in [6, 6.07) is 9.66. The van der Waals surface area contributed by atoms with Crippen molar-refractivity contribution in [1.29, 1.82) is 5.26 Å². The minimum Gasteiger partial charge on any atom is -0.325 e. The Morgan fingerprint density at radius 2 is 1.80 bits per heavy atom. The first kappa shape index (κ1) is 14.0. The molecule has 1 N–H and O–H groups in total. The lowest BCUT2D eigenvalue weighted by Crippen LogP contribution is -2.12. The number of aryl methyl sites for hydroxylation is 1. The van der Waals surface area contributed by atoms with Crippen molar-refractivity contribution in [3.63, 3.8) is 0 Å². The molecule has 5 nitrogen and oxygen atoms in total. The predicted octanol–water partition coefficient (Wildman–Crippen LogP) is 1.63. The van der Waals surface area contributed by atoms with Gasteiger partial charge < -0.3 is 4.98 Å². The van der Waals surface area contributed by atoms with Gasteiger partial charge in [0.25, 0.3) is 5.56 Å². The molecule has 0 unspecified atom stereocenters. The predicted molar refractivity (Wildman–Crippen MR) is 75.1 cm³/mol. The summed E-state index contributed by atoms with van der Waals surface area (Å²) in [4.78, 5) is 14.5. The number of hydrogen-bond acceptors (Lipinski definition) is 4. The summed E-state index contributed by atoms with van der Waals surface area (Å²) in [5.41, 5.74) is 1.32. The molecule has 2 aromatic rings. The van der Waals surface area contributed by atoms with Gasteiger partial charge in [0.1, 0.15) is 11.6 Å². The van der Waals surface area contributed by atoms with Crippen molar-refractivity contribution in [2.45, 2.75) is 11.8 Å². The van der Waals surface area contributed by atoms with Gasteiger partial charge in [-0.3, -0.25) is 4.79 Å². The first-order valence-electron chi connectivity index (χ1n) is 5.77. The smallest absolute Gasteiger partial charge is 0.266 e. The van der Waals surface area contributed by atoms with Crippen LogP contribution in [0, 0.1) is 18.3 Å². The summed E-state index contributed by atoms with van der Waals surface area (Å²) in [6.45, 7) is 1.72. The lowest BCUT2D eigenvalue weighted by atomic mass is 10.0. The van der Waals surface area contributed by atoms with Crippen molar-refractivity contribution in [3.05, 3.63) is 51.9 Å². The molecule has 0 saturated carbocycles. The van der Waals surface area contributed by atoms with Crippen LogP contribution >= 0.6 is 0 Å². The average Bonchev–Trinajstić information content (AvgIpc) is 2.37. The fourth-order valence-electron chi connectivity index (χ4n) is 1.91. The highest BCUT2D eigenvalue weighted by Gasteiger charge is 2.12. The molecule has 0 atom stereocenters. The Kier molecular flexibility index (Phi) is 3.47. The third kappa shape index (κ3) is 2.63. The fraction of sp³-hybridized carbons (Fsp3) is 0.143. The van der Waals surface area contributed by atoms with E-state index in [0.717, 1.165) is 6.26 Å². The lowest BCUT2D eigenvalue weighted by molar-refractivity contribution is 0.602. The molecule has 0 radical (unpaired) electrons. The first-order valence-corrected chi connectivity index (χ1v) is 7.66. The molecule has 102 valence electrons. The van der Waals surface area contributed by atoms with Crippen molar-refractivity contribution < 1.29 is 8.42 Å². The van der Waals surface area contributed by atoms with Crippen LogP contribution in [0.4, 0.5) is 0 Å². The summed E-state index contributed by atoms with van der Waals surface area (Å²) in [7, 11) is -3.27. The zero-order valence-electron chi connectivity index (χ0n) is 11.0. The number of benzene rings is 1. The van der Waals surface area contributed by atoms with Crippen molar-refractivity contribution in [3.8, 4) is 17.2 Å². The molecule has 0 aliphatic heterocycles. The number of aromatic amines is 1. The summed E-state index contributed by atoms with van der Waals surface area (Å²) >= 11 is 0. The van der Waals surface area contributed by atoms with Gasteiger partial charge in [-0.15, -0.1) is 0 Å². The number of aromatic nitrogens is 1. The van der Waals surface area contributed by atoms with Crippen LogP contribution in [0.5, 0.6) is 0 Å². The second kappa shape index (κ2) is 4.94. The molecule has 0 bridgehead atoms. The largest absolute Gasteiger partial charge is 0.325 e. The molecule has 0 saturated heterocycles. The van der Waals surface area contributed by atoms with Crippen molar-refractivity contribution >= 4 is 9.84 Å². The Hall–Kier alpha value is -2.39. The topological polar surface area (TPSA) is 90.8 Å². The second-order valence-corrected chi connectivity index (χ2v) is 6.49. The molecule has 0 aliphatic carbocycles. The van der Waals surface area contributed by atoms with E-state index < -0.39 is 15.4 Å². The summed E-state index contributed by atoms with van der Waals surface area (Å²) in [6.07, 6.45) is 1.13. The van der Waals surface area contributed by atoms with Crippen LogP contribution in [-0.2, 0) is 9.84 Å². The molecule has 1 heterocycles. The number of sulfone groups is 1. The van der Waals surface area contributed by atoms with E-state index in [1.54, 1.807) is 25.1 Å². The molecule has 0 aliphatic rings. The van der Waals surface area contributed by atoms with Crippen LogP contribution < -0.4 is 5.56 Å². The third-order valence-electron chi connectivity index (χ3n) is 2.87. The van der Waals surface area contributed by atoms with Crippen LogP contribution in [-0.4, -0.2) is 19.7 Å². The van der Waals surface area contributed by atoms with Crippen LogP contribution in [0.2, 0.25) is 0 Å². The van der Waals surface area contributed by atoms with E-state index in [9.17, 15) is 13.2 Å². The highest BCUT2D eigenvalue weighted by atomic mass is 32.2. The number of nitrogens with zero attached hydrogens (tertiary/aromatic N) is 1. The van der Waals surface area contributed by atoms with Crippen molar-refractivity contribution in [2.75, 3.05) is 6.26 Å². The molecule has 6 heteroatoms. The first-order chi connectivity index (χ1) is 9.32. The van der Waals surface area contributed by atoms with Gasteiger partial charge in [0.15, 0.2) is 9.84 Å². The molecule has 20 heavy (non-hydrogen) atoms. The van der Waals surface area contributed by atoms with E-state index in [-0.39, 0.29) is 10.5 Å². The van der Waals surface area contributed by atoms with Gasteiger partial charge in [0, 0.05) is 17.5 Å². The van der Waals surface area contributed by atoms with E-state index in [2.05, 4.69) is 4.98 Å². The number of rotatable bonds is 2. The zero-order chi connectivity index (χ0) is 14.9. The minimum atomic E-state index is -3.27. The van der Waals surface area contributed by atoms with Crippen LogP contribution in [0.25, 0.3) is 11.1 Å². The van der Waals surface area contributed by atoms with E-state index in [4.69, 9.17) is 5.26 Å². The van der Waals surface area contributed by atoms with Gasteiger partial charge in [-0.2, -0.15) is 5.26 Å². The average molecular weight is 288 g/mol. The number of pyridine rings is 1. The van der Waals surface area contributed by atoms with E-state index in [1.165, 1.54) is 12.1 Å². The Morgan fingerprint density at radius 1 is 1.20 bits per heavy atom. The Bertz CT molecular complexity index is 857. The van der Waals surface area contributed by atoms with E-state index in [0.29, 0.717) is 16.8 Å². The van der Waals surface area contributed by atoms with Crippen LogP contribution in [0.1, 0.15) is 11.3 Å². The third-order valence-corrected chi connectivity index (χ3v) is 4.00. The number of nitrogens with one attached hydrogen (secondary N) is 1. The summed E-state index contributed by atoms with van der Waals surface area (Å²) in [5, 5.41) is 9.07. The van der Waals surface area contributed by atoms with Gasteiger partial charge >= 0.3 is 0 Å². The van der Waals surface area contributed by atoms with E-state index >= 15 is 0 Å². The maximum absolute atomic E-state index is 11.7. The SMILES string of the molecule is Cc1cc(-c2ccc(S(C)(=O)=O)cc2)c(C#N)c(=O)[nH]1. The normalized spacial score (nSPS) is 11.1. The lowest BCUT2D eigenvalue weighted by Gasteiger charge is -2.06. The monoisotopic (exact) mass is 288 g/mol. The second-order valence-electron chi connectivity index (χ2n) is 4.48. The molecule has 0 amide bonds. The van der Waals surface area contributed by atoms with Crippen LogP contribution in [0.15, 0.2) is 40.0 Å². The molecular weight excluding hydrogens is 276 g/mol. The standard InChI is InChI=1S/C14H12N2O3S/c1-9-7-12(13(8-15)14(17)16-9)10-3-5-11(6-4-10)20(2,18)19/h3-7H,1-2H3,(H,16,17). The summed E-state index contributed by atoms with van der Waals surface area (Å²) in [5.74, 6) is 0. The molecular formula is C14H12N2O3S. The molecule has 1 aromatic carbocycles. The summed E-state index contributed by atoms with van der Waals surface area (Å²) < 4.78 is 22.8. The van der Waals surface area contributed by atoms with Gasteiger partial charge in [0.2, 0.25) is 0 Å². The van der Waals surface area contributed by atoms with Crippen LogP contribution in [0.3, 0.4) is 0 Å². The highest BCUT2D eigenvalue weighted by Crippen LogP contribution is 2.23. The van der Waals surface area contributed by atoms with Gasteiger partial charge in [-0.1, -0.05) is 12.1 Å². The zero-order valence-corrected chi connectivity index (χ0v) is 11.8. The minimum absolute atomic E-state index is 0.0164. The fourth-order valence-corrected chi connectivity index (χ4v) is 2.54. The quantitative estimate of drug-likeness (QED) is 0.909. The number of H-pyrrole nitrogens is 1. The van der Waals surface area contributed by atoms with E-state index in [1.807, 2.05) is 6.07 Å². The number of nitriles is 1. The molecule has 0 fully saturated rings. The molecule has 0 spiro atoms. The Labute approximate surface area is 116 Å². The highest BCUT2D eigenvalue weighted by molar-refractivity contribution is 7.90. The molecule has 1 aromatic heterocycles. The molecule has 2 rings (SSSR count). The van der Waals surface area contributed by atoms with Gasteiger partial charge in [-0.05, 0) is 30.7 Å². The Morgan fingerprint density at radius 3 is 2.30 bits per heavy atom. The van der Waals surface area contributed by atoms with Gasteiger partial charge in [-0.25, -0.2) is 8.42 Å². The Balaban J connectivity index is 2.64.